The second-order valence-corrected chi connectivity index (χ2v) is 8.54. The Hall–Kier alpha value is -2.10. The molecule has 0 N–H and O–H groups in total. The second-order valence-electron chi connectivity index (χ2n) is 5.97. The first-order chi connectivity index (χ1) is 13.6. The fraction of sp³-hybridized carbons (Fsp3) is 0.222. The van der Waals surface area contributed by atoms with E-state index in [1.54, 1.807) is 53.1 Å². The minimum atomic E-state index is -0.307. The monoisotopic (exact) mass is 435 g/mol. The van der Waals surface area contributed by atoms with Gasteiger partial charge in [-0.2, -0.15) is 4.68 Å². The van der Waals surface area contributed by atoms with Crippen molar-refractivity contribution >= 4 is 41.0 Å². The molecule has 0 saturated carbocycles. The summed E-state index contributed by atoms with van der Waals surface area (Å²) in [6.07, 6.45) is 0. The molecule has 0 aliphatic carbocycles. The lowest BCUT2D eigenvalue weighted by Crippen LogP contribution is -2.32. The van der Waals surface area contributed by atoms with Gasteiger partial charge in [0.25, 0.3) is 0 Å². The number of amides is 1. The molecule has 1 aromatic heterocycles. The highest BCUT2D eigenvalue weighted by atomic mass is 35.5. The molecule has 144 valence electrons. The Balaban J connectivity index is 1.47. The molecule has 0 spiro atoms. The summed E-state index contributed by atoms with van der Waals surface area (Å²) in [4.78, 5) is 14.5. The van der Waals surface area contributed by atoms with Crippen LogP contribution in [-0.4, -0.2) is 49.1 Å². The summed E-state index contributed by atoms with van der Waals surface area (Å²) in [5.74, 6) is 0.559. The van der Waals surface area contributed by atoms with E-state index in [2.05, 4.69) is 15.5 Å². The number of carbonyl (C=O) groups is 1. The molecule has 0 radical (unpaired) electrons. The first kappa shape index (κ1) is 19.2. The van der Waals surface area contributed by atoms with Gasteiger partial charge < -0.3 is 4.90 Å². The largest absolute Gasteiger partial charge is 0.325 e. The van der Waals surface area contributed by atoms with Crippen LogP contribution >= 0.6 is 35.1 Å². The summed E-state index contributed by atoms with van der Waals surface area (Å²) >= 11 is 8.84. The van der Waals surface area contributed by atoms with E-state index in [4.69, 9.17) is 11.6 Å². The van der Waals surface area contributed by atoms with Crippen molar-refractivity contribution in [3.05, 3.63) is 64.9 Å². The number of tetrazole rings is 1. The number of carbonyl (C=O) groups excluding carboxylic acids is 1. The molecule has 1 fully saturated rings. The van der Waals surface area contributed by atoms with Crippen LogP contribution in [0, 0.1) is 5.82 Å². The highest BCUT2D eigenvalue weighted by Gasteiger charge is 2.32. The van der Waals surface area contributed by atoms with Crippen molar-refractivity contribution in [1.29, 1.82) is 0 Å². The molecule has 28 heavy (non-hydrogen) atoms. The number of thioether (sulfide) groups is 2. The normalized spacial score (nSPS) is 16.5. The van der Waals surface area contributed by atoms with Crippen LogP contribution in [-0.2, 0) is 4.79 Å². The molecule has 6 nitrogen and oxygen atoms in total. The van der Waals surface area contributed by atoms with E-state index in [1.807, 2.05) is 6.07 Å². The molecule has 1 aliphatic heterocycles. The predicted molar refractivity (Wildman–Crippen MR) is 108 cm³/mol. The van der Waals surface area contributed by atoms with Crippen molar-refractivity contribution in [2.45, 2.75) is 10.5 Å². The number of rotatable bonds is 5. The van der Waals surface area contributed by atoms with Crippen LogP contribution in [0.3, 0.4) is 0 Å². The van der Waals surface area contributed by atoms with Crippen molar-refractivity contribution in [2.24, 2.45) is 0 Å². The number of hydrogen-bond acceptors (Lipinski definition) is 6. The van der Waals surface area contributed by atoms with Gasteiger partial charge in [0.05, 0.1) is 11.4 Å². The summed E-state index contributed by atoms with van der Waals surface area (Å²) in [6.45, 7) is 0.586. The maximum atomic E-state index is 14.2. The molecule has 2 aromatic carbocycles. The Morgan fingerprint density at radius 2 is 2.14 bits per heavy atom. The topological polar surface area (TPSA) is 63.9 Å². The Labute approximate surface area is 174 Å². The minimum absolute atomic E-state index is 0.0797. The van der Waals surface area contributed by atoms with Crippen molar-refractivity contribution in [1.82, 2.24) is 25.1 Å². The number of nitrogens with zero attached hydrogens (tertiary/aromatic N) is 5. The molecule has 1 amide bonds. The van der Waals surface area contributed by atoms with Gasteiger partial charge in [0, 0.05) is 22.9 Å². The second kappa shape index (κ2) is 8.50. The number of hydrogen-bond donors (Lipinski definition) is 0. The van der Waals surface area contributed by atoms with Crippen molar-refractivity contribution in [3.63, 3.8) is 0 Å². The van der Waals surface area contributed by atoms with Crippen molar-refractivity contribution < 1.29 is 9.18 Å². The molecule has 10 heteroatoms. The van der Waals surface area contributed by atoms with Gasteiger partial charge in [0.15, 0.2) is 0 Å². The van der Waals surface area contributed by atoms with E-state index in [-0.39, 0.29) is 22.9 Å². The summed E-state index contributed by atoms with van der Waals surface area (Å²) in [5.41, 5.74) is 1.25. The zero-order valence-corrected chi connectivity index (χ0v) is 16.9. The Kier molecular flexibility index (Phi) is 5.84. The maximum Gasteiger partial charge on any atom is 0.234 e. The molecule has 0 bridgehead atoms. The third-order valence-electron chi connectivity index (χ3n) is 4.20. The van der Waals surface area contributed by atoms with E-state index >= 15 is 0 Å². The third-order valence-corrected chi connectivity index (χ3v) is 6.58. The standard InChI is InChI=1S/C18H15ClFN5OS2/c19-12-4-3-5-13(10-12)25-18(21-22-23-25)28-11-16(26)24-8-9-27-17(24)14-6-1-2-7-15(14)20/h1-7,10,17H,8-9,11H2/t17-/m1/s1. The Morgan fingerprint density at radius 3 is 2.96 bits per heavy atom. The summed E-state index contributed by atoms with van der Waals surface area (Å²) in [5, 5.41) is 12.4. The Bertz CT molecular complexity index is 1000. The van der Waals surface area contributed by atoms with Gasteiger partial charge in [-0.05, 0) is 34.7 Å². The fourth-order valence-corrected chi connectivity index (χ4v) is 5.17. The van der Waals surface area contributed by atoms with Crippen molar-refractivity contribution in [2.75, 3.05) is 18.1 Å². The maximum absolute atomic E-state index is 14.2. The average Bonchev–Trinajstić information content (AvgIpc) is 3.36. The summed E-state index contributed by atoms with van der Waals surface area (Å²) in [7, 11) is 0. The van der Waals surface area contributed by atoms with Gasteiger partial charge in [0.1, 0.15) is 11.2 Å². The molecular weight excluding hydrogens is 421 g/mol. The lowest BCUT2D eigenvalue weighted by atomic mass is 10.2. The highest BCUT2D eigenvalue weighted by Crippen LogP contribution is 2.39. The third kappa shape index (κ3) is 4.01. The van der Waals surface area contributed by atoms with Crippen LogP contribution in [0.15, 0.2) is 53.7 Å². The molecule has 1 atom stereocenters. The summed E-state index contributed by atoms with van der Waals surface area (Å²) < 4.78 is 15.7. The number of halogens is 2. The SMILES string of the molecule is O=C(CSc1nnnn1-c1cccc(Cl)c1)N1CCS[C@@H]1c1ccccc1F. The first-order valence-corrected chi connectivity index (χ1v) is 10.9. The molecule has 1 saturated heterocycles. The quantitative estimate of drug-likeness (QED) is 0.568. The molecule has 1 aliphatic rings. The number of benzene rings is 2. The van der Waals surface area contributed by atoms with Gasteiger partial charge in [-0.25, -0.2) is 4.39 Å². The minimum Gasteiger partial charge on any atom is -0.325 e. The van der Waals surface area contributed by atoms with E-state index in [1.165, 1.54) is 22.5 Å². The van der Waals surface area contributed by atoms with E-state index in [0.29, 0.717) is 28.0 Å². The molecule has 4 rings (SSSR count). The molecule has 2 heterocycles. The first-order valence-electron chi connectivity index (χ1n) is 8.46. The van der Waals surface area contributed by atoms with Crippen LogP contribution in [0.1, 0.15) is 10.9 Å². The van der Waals surface area contributed by atoms with Crippen LogP contribution in [0.2, 0.25) is 5.02 Å². The zero-order valence-electron chi connectivity index (χ0n) is 14.5. The van der Waals surface area contributed by atoms with Gasteiger partial charge >= 0.3 is 0 Å². The zero-order chi connectivity index (χ0) is 19.5. The van der Waals surface area contributed by atoms with Gasteiger partial charge in [-0.1, -0.05) is 47.6 Å². The lowest BCUT2D eigenvalue weighted by molar-refractivity contribution is -0.128. The van der Waals surface area contributed by atoms with Gasteiger partial charge in [-0.15, -0.1) is 16.9 Å². The average molecular weight is 436 g/mol. The van der Waals surface area contributed by atoms with Crippen LogP contribution in [0.5, 0.6) is 0 Å². The number of aromatic nitrogens is 4. The highest BCUT2D eigenvalue weighted by molar-refractivity contribution is 8.00. The van der Waals surface area contributed by atoms with Crippen LogP contribution in [0.25, 0.3) is 5.69 Å². The molecular formula is C18H15ClFN5OS2. The fourth-order valence-electron chi connectivity index (χ4n) is 2.91. The van der Waals surface area contributed by atoms with Gasteiger partial charge in [0.2, 0.25) is 11.1 Å². The van der Waals surface area contributed by atoms with Crippen LogP contribution < -0.4 is 0 Å². The van der Waals surface area contributed by atoms with Crippen LogP contribution in [0.4, 0.5) is 4.39 Å². The molecule has 0 unspecified atom stereocenters. The van der Waals surface area contributed by atoms with E-state index in [9.17, 15) is 9.18 Å². The smallest absolute Gasteiger partial charge is 0.234 e. The van der Waals surface area contributed by atoms with E-state index in [0.717, 1.165) is 5.75 Å². The molecule has 3 aromatic rings. The lowest BCUT2D eigenvalue weighted by Gasteiger charge is -2.24. The Morgan fingerprint density at radius 1 is 1.29 bits per heavy atom. The summed E-state index contributed by atoms with van der Waals surface area (Å²) in [6, 6.07) is 13.7. The van der Waals surface area contributed by atoms with Gasteiger partial charge in [-0.3, -0.25) is 4.79 Å². The predicted octanol–water partition coefficient (Wildman–Crippen LogP) is 3.82. The van der Waals surface area contributed by atoms with E-state index < -0.39 is 0 Å². The van der Waals surface area contributed by atoms with Crippen molar-refractivity contribution in [3.8, 4) is 5.69 Å².